The zero-order chi connectivity index (χ0) is 26.0. The van der Waals surface area contributed by atoms with E-state index >= 15 is 0 Å². The lowest BCUT2D eigenvalue weighted by Gasteiger charge is -2.34. The number of anilines is 2. The summed E-state index contributed by atoms with van der Waals surface area (Å²) >= 11 is 1.53. The second kappa shape index (κ2) is 10.9. The number of aliphatic hydroxyl groups excluding tert-OH is 2. The highest BCUT2D eigenvalue weighted by atomic mass is 32.1. The molecule has 3 aromatic heterocycles. The van der Waals surface area contributed by atoms with Gasteiger partial charge in [0.05, 0.1) is 46.0 Å². The molecule has 1 fully saturated rings. The summed E-state index contributed by atoms with van der Waals surface area (Å²) in [6, 6.07) is 1.43. The summed E-state index contributed by atoms with van der Waals surface area (Å²) in [6.45, 7) is 8.66. The molecule has 0 aromatic carbocycles. The molecule has 4 rings (SSSR count). The van der Waals surface area contributed by atoms with Crippen molar-refractivity contribution in [1.29, 1.82) is 0 Å². The number of methoxy groups -OCH3 is 1. The summed E-state index contributed by atoms with van der Waals surface area (Å²) in [5.74, 6) is 0.486. The minimum atomic E-state index is -1.06. The summed E-state index contributed by atoms with van der Waals surface area (Å²) < 4.78 is 6.14. The van der Waals surface area contributed by atoms with E-state index in [1.54, 1.807) is 13.3 Å². The smallest absolute Gasteiger partial charge is 0.224 e. The lowest BCUT2D eigenvalue weighted by Crippen LogP contribution is -2.43. The molecule has 5 N–H and O–H groups in total. The summed E-state index contributed by atoms with van der Waals surface area (Å²) in [5, 5.41) is 40.2. The molecule has 196 valence electrons. The number of rotatable bonds is 10. The Labute approximate surface area is 215 Å². The van der Waals surface area contributed by atoms with Crippen molar-refractivity contribution in [3.05, 3.63) is 23.7 Å². The van der Waals surface area contributed by atoms with Gasteiger partial charge in [-0.2, -0.15) is 4.98 Å². The Balaban J connectivity index is 1.73. The maximum Gasteiger partial charge on any atom is 0.224 e. The monoisotopic (exact) mass is 516 g/mol. The van der Waals surface area contributed by atoms with E-state index in [2.05, 4.69) is 20.6 Å². The topological polar surface area (TPSA) is 146 Å². The van der Waals surface area contributed by atoms with Crippen molar-refractivity contribution in [2.24, 2.45) is 5.92 Å². The zero-order valence-electron chi connectivity index (χ0n) is 21.4. The molecule has 0 amide bonds. The molecule has 1 saturated carbocycles. The van der Waals surface area contributed by atoms with Crippen LogP contribution in [0.2, 0.25) is 0 Å². The molecule has 36 heavy (non-hydrogen) atoms. The van der Waals surface area contributed by atoms with Gasteiger partial charge in [0.1, 0.15) is 22.4 Å². The number of ether oxygens (including phenoxy) is 1. The first-order valence-corrected chi connectivity index (χ1v) is 13.2. The minimum absolute atomic E-state index is 0.401. The van der Waals surface area contributed by atoms with Crippen LogP contribution < -0.4 is 10.6 Å². The normalized spacial score (nSPS) is 22.3. The highest BCUT2D eigenvalue weighted by Gasteiger charge is 2.50. The third-order valence-electron chi connectivity index (χ3n) is 7.30. The predicted molar refractivity (Wildman–Crippen MR) is 141 cm³/mol. The molecule has 3 heterocycles. The molecule has 0 bridgehead atoms. The van der Waals surface area contributed by atoms with E-state index in [0.29, 0.717) is 44.2 Å². The van der Waals surface area contributed by atoms with Crippen molar-refractivity contribution < 1.29 is 20.1 Å². The van der Waals surface area contributed by atoms with E-state index < -0.39 is 29.8 Å². The molecule has 10 nitrogen and oxygen atoms in total. The average molecular weight is 517 g/mol. The first-order valence-electron chi connectivity index (χ1n) is 12.4. The average Bonchev–Trinajstić information content (AvgIpc) is 3.41. The number of aryl methyl sites for hydroxylation is 2. The van der Waals surface area contributed by atoms with Gasteiger partial charge in [-0.05, 0) is 39.2 Å². The van der Waals surface area contributed by atoms with E-state index in [1.807, 2.05) is 33.8 Å². The Morgan fingerprint density at radius 1 is 1.11 bits per heavy atom. The van der Waals surface area contributed by atoms with Crippen molar-refractivity contribution in [2.75, 3.05) is 30.9 Å². The lowest BCUT2D eigenvalue weighted by atomic mass is 9.80. The van der Waals surface area contributed by atoms with Crippen molar-refractivity contribution in [2.45, 2.75) is 70.8 Å². The summed E-state index contributed by atoms with van der Waals surface area (Å²) in [5.41, 5.74) is 2.08. The van der Waals surface area contributed by atoms with Crippen molar-refractivity contribution in [3.8, 4) is 10.6 Å². The maximum atomic E-state index is 11.1. The van der Waals surface area contributed by atoms with Crippen LogP contribution in [0.4, 0.5) is 11.8 Å². The first kappa shape index (κ1) is 26.6. The zero-order valence-corrected chi connectivity index (χ0v) is 22.3. The van der Waals surface area contributed by atoms with Crippen LogP contribution in [0.1, 0.15) is 44.5 Å². The molecule has 11 heteroatoms. The Kier molecular flexibility index (Phi) is 8.06. The van der Waals surface area contributed by atoms with E-state index in [4.69, 9.17) is 14.7 Å². The number of nitrogens with one attached hydrogen (secondary N) is 2. The first-order chi connectivity index (χ1) is 17.2. The second-order valence-electron chi connectivity index (χ2n) is 9.42. The van der Waals surface area contributed by atoms with Crippen LogP contribution in [0.3, 0.4) is 0 Å². The molecule has 0 aliphatic heterocycles. The molecule has 1 aliphatic rings. The van der Waals surface area contributed by atoms with Gasteiger partial charge in [-0.25, -0.2) is 9.97 Å². The Hall–Kier alpha value is -2.44. The van der Waals surface area contributed by atoms with Gasteiger partial charge in [-0.1, -0.05) is 13.8 Å². The van der Waals surface area contributed by atoms with Gasteiger partial charge in [0.25, 0.3) is 0 Å². The van der Waals surface area contributed by atoms with E-state index in [0.717, 1.165) is 32.2 Å². The Morgan fingerprint density at radius 3 is 2.53 bits per heavy atom. The van der Waals surface area contributed by atoms with Crippen LogP contribution in [-0.2, 0) is 4.74 Å². The molecule has 0 saturated heterocycles. The number of pyridine rings is 1. The van der Waals surface area contributed by atoms with Crippen molar-refractivity contribution >= 4 is 33.3 Å². The standard InChI is InChI=1S/C25H36N6O4S/c1-6-25(34,7-2)15-12-16(21(33)20(15)32)29-22-18(13(3)28-24(31-22)27-10-11-35-5)23-30-19-14(4)26-9-8-17(19)36-23/h8-9,15-16,20-21,32-34H,6-7,10-12H2,1-5H3,(H2,27,28,29,31)/t15-,16+,20+,21-/m0/s1. The van der Waals surface area contributed by atoms with Gasteiger partial charge in [0, 0.05) is 25.8 Å². The fourth-order valence-corrected chi connectivity index (χ4v) is 6.14. The number of hydrogen-bond acceptors (Lipinski definition) is 11. The SMILES string of the molecule is CCC(O)(CC)[C@H]1C[C@@H](Nc2nc(NCCOC)nc(C)c2-c2nc3c(C)nccc3s2)[C@H](O)[C@@H]1O. The van der Waals surface area contributed by atoms with E-state index in [9.17, 15) is 15.3 Å². The second-order valence-corrected chi connectivity index (χ2v) is 10.5. The largest absolute Gasteiger partial charge is 0.390 e. The summed E-state index contributed by atoms with van der Waals surface area (Å²) in [7, 11) is 1.63. The van der Waals surface area contributed by atoms with Gasteiger partial charge < -0.3 is 30.7 Å². The number of aromatic nitrogens is 4. The molecular formula is C25H36N6O4S. The van der Waals surface area contributed by atoms with Gasteiger partial charge in [-0.15, -0.1) is 11.3 Å². The van der Waals surface area contributed by atoms with E-state index in [-0.39, 0.29) is 0 Å². The Bertz CT molecular complexity index is 1200. The van der Waals surface area contributed by atoms with Crippen LogP contribution in [0.5, 0.6) is 0 Å². The van der Waals surface area contributed by atoms with Gasteiger partial charge in [0.15, 0.2) is 0 Å². The predicted octanol–water partition coefficient (Wildman–Crippen LogP) is 2.90. The highest BCUT2D eigenvalue weighted by Crippen LogP contribution is 2.42. The van der Waals surface area contributed by atoms with Crippen LogP contribution >= 0.6 is 11.3 Å². The van der Waals surface area contributed by atoms with Crippen molar-refractivity contribution in [1.82, 2.24) is 19.9 Å². The number of aliphatic hydroxyl groups is 3. The van der Waals surface area contributed by atoms with Crippen LogP contribution in [0.25, 0.3) is 20.8 Å². The molecule has 0 spiro atoms. The minimum Gasteiger partial charge on any atom is -0.390 e. The molecule has 1 aliphatic carbocycles. The summed E-state index contributed by atoms with van der Waals surface area (Å²) in [4.78, 5) is 18.6. The van der Waals surface area contributed by atoms with Gasteiger partial charge in [0.2, 0.25) is 5.95 Å². The maximum absolute atomic E-state index is 11.1. The fraction of sp³-hybridized carbons (Fsp3) is 0.600. The number of fused-ring (bicyclic) bond motifs is 1. The third-order valence-corrected chi connectivity index (χ3v) is 8.34. The van der Waals surface area contributed by atoms with Crippen LogP contribution in [-0.4, -0.2) is 79.4 Å². The molecule has 4 atom stereocenters. The van der Waals surface area contributed by atoms with Gasteiger partial charge in [-0.3, -0.25) is 4.98 Å². The molecular weight excluding hydrogens is 480 g/mol. The van der Waals surface area contributed by atoms with Crippen LogP contribution in [0.15, 0.2) is 12.3 Å². The van der Waals surface area contributed by atoms with Crippen LogP contribution in [0, 0.1) is 19.8 Å². The molecule has 3 aromatic rings. The quantitative estimate of drug-likeness (QED) is 0.255. The molecule has 0 unspecified atom stereocenters. The van der Waals surface area contributed by atoms with Gasteiger partial charge >= 0.3 is 0 Å². The fourth-order valence-electron chi connectivity index (χ4n) is 5.03. The van der Waals surface area contributed by atoms with E-state index in [1.165, 1.54) is 11.3 Å². The molecule has 0 radical (unpaired) electrons. The number of nitrogens with zero attached hydrogens (tertiary/aromatic N) is 4. The third kappa shape index (κ3) is 5.03. The lowest BCUT2D eigenvalue weighted by molar-refractivity contribution is -0.0843. The highest BCUT2D eigenvalue weighted by molar-refractivity contribution is 7.21. The number of thiazole rings is 1. The summed E-state index contributed by atoms with van der Waals surface area (Å²) in [6.07, 6.45) is 1.05. The number of hydrogen-bond donors (Lipinski definition) is 5. The Morgan fingerprint density at radius 2 is 1.86 bits per heavy atom. The van der Waals surface area contributed by atoms with Crippen molar-refractivity contribution in [3.63, 3.8) is 0 Å².